The Kier molecular flexibility index (Phi) is 6.26. The van der Waals surface area contributed by atoms with Crippen molar-refractivity contribution in [1.82, 2.24) is 9.80 Å². The van der Waals surface area contributed by atoms with Gasteiger partial charge in [0.1, 0.15) is 6.61 Å². The van der Waals surface area contributed by atoms with E-state index in [0.29, 0.717) is 43.4 Å². The Morgan fingerprint density at radius 2 is 1.50 bits per heavy atom. The van der Waals surface area contributed by atoms with Crippen LogP contribution >= 0.6 is 11.6 Å². The van der Waals surface area contributed by atoms with Crippen LogP contribution in [-0.4, -0.2) is 54.4 Å². The number of carbonyl (C=O) groups is 2. The van der Waals surface area contributed by atoms with E-state index in [1.165, 1.54) is 0 Å². The van der Waals surface area contributed by atoms with Gasteiger partial charge in [-0.2, -0.15) is 0 Å². The van der Waals surface area contributed by atoms with Crippen LogP contribution in [0, 0.1) is 0 Å². The summed E-state index contributed by atoms with van der Waals surface area (Å²) >= 11 is 5.86. The van der Waals surface area contributed by atoms with Crippen molar-refractivity contribution in [3.63, 3.8) is 0 Å². The Hall–Kier alpha value is -2.37. The third-order valence-corrected chi connectivity index (χ3v) is 4.60. The number of halogens is 1. The van der Waals surface area contributed by atoms with E-state index in [2.05, 4.69) is 0 Å². The summed E-state index contributed by atoms with van der Waals surface area (Å²) in [6.45, 7) is 2.55. The molecule has 136 valence electrons. The molecule has 0 saturated carbocycles. The highest BCUT2D eigenvalue weighted by Crippen LogP contribution is 2.13. The molecule has 0 spiro atoms. The van der Waals surface area contributed by atoms with E-state index in [4.69, 9.17) is 16.3 Å². The summed E-state index contributed by atoms with van der Waals surface area (Å²) in [5, 5.41) is 0.604. The van der Waals surface area contributed by atoms with Gasteiger partial charge in [-0.1, -0.05) is 41.9 Å². The van der Waals surface area contributed by atoms with E-state index < -0.39 is 0 Å². The monoisotopic (exact) mass is 372 g/mol. The van der Waals surface area contributed by atoms with Gasteiger partial charge in [0.2, 0.25) is 5.91 Å². The van der Waals surface area contributed by atoms with Crippen LogP contribution in [0.2, 0.25) is 5.02 Å². The van der Waals surface area contributed by atoms with Crippen LogP contribution in [0.15, 0.2) is 54.6 Å². The molecule has 0 aliphatic carbocycles. The molecule has 26 heavy (non-hydrogen) atoms. The van der Waals surface area contributed by atoms with E-state index in [-0.39, 0.29) is 18.4 Å². The third kappa shape index (κ3) is 4.84. The van der Waals surface area contributed by atoms with E-state index in [0.717, 1.165) is 5.56 Å². The quantitative estimate of drug-likeness (QED) is 0.811. The molecule has 2 aromatic rings. The number of carbonyl (C=O) groups excluding carboxylic acids is 2. The highest BCUT2D eigenvalue weighted by Gasteiger charge is 2.24. The summed E-state index contributed by atoms with van der Waals surface area (Å²) in [6, 6.07) is 16.6. The molecule has 0 unspecified atom stereocenters. The molecule has 1 fully saturated rings. The number of nitrogens with zero attached hydrogens (tertiary/aromatic N) is 2. The van der Waals surface area contributed by atoms with Gasteiger partial charge in [-0.25, -0.2) is 0 Å². The maximum absolute atomic E-state index is 12.5. The number of ether oxygens (including phenoxy) is 1. The SMILES string of the molecule is O=C(COCc1ccccc1)N1CCN(C(=O)c2ccc(Cl)cc2)CC1. The molecule has 0 bridgehead atoms. The zero-order valence-corrected chi connectivity index (χ0v) is 15.2. The van der Waals surface area contributed by atoms with Crippen LogP contribution in [0.4, 0.5) is 0 Å². The Bertz CT molecular complexity index is 741. The van der Waals surface area contributed by atoms with Gasteiger partial charge < -0.3 is 14.5 Å². The standard InChI is InChI=1S/C20H21ClN2O3/c21-18-8-6-17(7-9-18)20(25)23-12-10-22(11-13-23)19(24)15-26-14-16-4-2-1-3-5-16/h1-9H,10-15H2. The van der Waals surface area contributed by atoms with Gasteiger partial charge in [0.25, 0.3) is 5.91 Å². The van der Waals surface area contributed by atoms with E-state index in [9.17, 15) is 9.59 Å². The average molecular weight is 373 g/mol. The lowest BCUT2D eigenvalue weighted by molar-refractivity contribution is -0.138. The first-order valence-electron chi connectivity index (χ1n) is 8.58. The van der Waals surface area contributed by atoms with Crippen LogP contribution < -0.4 is 0 Å². The van der Waals surface area contributed by atoms with Crippen LogP contribution in [0.25, 0.3) is 0 Å². The molecule has 6 heteroatoms. The summed E-state index contributed by atoms with van der Waals surface area (Å²) in [5.41, 5.74) is 1.65. The summed E-state index contributed by atoms with van der Waals surface area (Å²) in [5.74, 6) is -0.0754. The summed E-state index contributed by atoms with van der Waals surface area (Å²) in [7, 11) is 0. The fourth-order valence-corrected chi connectivity index (χ4v) is 2.98. The van der Waals surface area contributed by atoms with Gasteiger partial charge >= 0.3 is 0 Å². The minimum atomic E-state index is -0.0421. The first-order valence-corrected chi connectivity index (χ1v) is 8.95. The van der Waals surface area contributed by atoms with Crippen molar-refractivity contribution in [2.75, 3.05) is 32.8 Å². The molecule has 2 amide bonds. The van der Waals surface area contributed by atoms with Crippen molar-refractivity contribution in [2.24, 2.45) is 0 Å². The van der Waals surface area contributed by atoms with Gasteiger partial charge in [-0.15, -0.1) is 0 Å². The Labute approximate surface area is 158 Å². The maximum atomic E-state index is 12.5. The first-order chi connectivity index (χ1) is 12.6. The third-order valence-electron chi connectivity index (χ3n) is 4.35. The minimum Gasteiger partial charge on any atom is -0.367 e. The van der Waals surface area contributed by atoms with Crippen molar-refractivity contribution < 1.29 is 14.3 Å². The van der Waals surface area contributed by atoms with E-state index in [1.54, 1.807) is 34.1 Å². The lowest BCUT2D eigenvalue weighted by Crippen LogP contribution is -2.51. The molecule has 0 aromatic heterocycles. The van der Waals surface area contributed by atoms with Gasteiger partial charge in [-0.05, 0) is 29.8 Å². The van der Waals surface area contributed by atoms with Crippen molar-refractivity contribution in [2.45, 2.75) is 6.61 Å². The molecular formula is C20H21ClN2O3. The summed E-state index contributed by atoms with van der Waals surface area (Å²) in [4.78, 5) is 28.2. The molecule has 1 heterocycles. The van der Waals surface area contributed by atoms with Crippen molar-refractivity contribution in [3.05, 3.63) is 70.7 Å². The van der Waals surface area contributed by atoms with Crippen molar-refractivity contribution >= 4 is 23.4 Å². The Morgan fingerprint density at radius 1 is 0.885 bits per heavy atom. The zero-order chi connectivity index (χ0) is 18.4. The predicted molar refractivity (Wildman–Crippen MR) is 100 cm³/mol. The van der Waals surface area contributed by atoms with Crippen LogP contribution in [0.5, 0.6) is 0 Å². The molecule has 1 saturated heterocycles. The highest BCUT2D eigenvalue weighted by atomic mass is 35.5. The predicted octanol–water partition coefficient (Wildman–Crippen LogP) is 2.84. The maximum Gasteiger partial charge on any atom is 0.253 e. The molecule has 5 nitrogen and oxygen atoms in total. The summed E-state index contributed by atoms with van der Waals surface area (Å²) < 4.78 is 5.51. The number of piperazine rings is 1. The van der Waals surface area contributed by atoms with Crippen LogP contribution in [-0.2, 0) is 16.1 Å². The minimum absolute atomic E-state index is 0.0332. The molecule has 3 rings (SSSR count). The van der Waals surface area contributed by atoms with E-state index in [1.807, 2.05) is 30.3 Å². The second kappa shape index (κ2) is 8.83. The fourth-order valence-electron chi connectivity index (χ4n) is 2.86. The normalized spacial score (nSPS) is 14.3. The zero-order valence-electron chi connectivity index (χ0n) is 14.4. The summed E-state index contributed by atoms with van der Waals surface area (Å²) in [6.07, 6.45) is 0. The highest BCUT2D eigenvalue weighted by molar-refractivity contribution is 6.30. The molecule has 0 atom stereocenters. The van der Waals surface area contributed by atoms with Crippen LogP contribution in [0.1, 0.15) is 15.9 Å². The second-order valence-electron chi connectivity index (χ2n) is 6.16. The number of amides is 2. The van der Waals surface area contributed by atoms with Gasteiger partial charge in [0, 0.05) is 36.8 Å². The molecule has 2 aromatic carbocycles. The smallest absolute Gasteiger partial charge is 0.253 e. The molecule has 0 N–H and O–H groups in total. The fraction of sp³-hybridized carbons (Fsp3) is 0.300. The number of hydrogen-bond donors (Lipinski definition) is 0. The van der Waals surface area contributed by atoms with E-state index >= 15 is 0 Å². The molecule has 1 aliphatic rings. The second-order valence-corrected chi connectivity index (χ2v) is 6.59. The molecule has 0 radical (unpaired) electrons. The lowest BCUT2D eigenvalue weighted by atomic mass is 10.2. The van der Waals surface area contributed by atoms with Gasteiger partial charge in [0.15, 0.2) is 0 Å². The topological polar surface area (TPSA) is 49.9 Å². The lowest BCUT2D eigenvalue weighted by Gasteiger charge is -2.34. The van der Waals surface area contributed by atoms with Crippen molar-refractivity contribution in [3.8, 4) is 0 Å². The van der Waals surface area contributed by atoms with Gasteiger partial charge in [0.05, 0.1) is 6.61 Å². The first kappa shape index (κ1) is 18.4. The number of benzene rings is 2. The van der Waals surface area contributed by atoms with Crippen LogP contribution in [0.3, 0.4) is 0 Å². The Morgan fingerprint density at radius 3 is 2.15 bits per heavy atom. The molecule has 1 aliphatic heterocycles. The number of hydrogen-bond acceptors (Lipinski definition) is 3. The Balaban J connectivity index is 1.43. The van der Waals surface area contributed by atoms with Crippen molar-refractivity contribution in [1.29, 1.82) is 0 Å². The number of rotatable bonds is 5. The van der Waals surface area contributed by atoms with Gasteiger partial charge in [-0.3, -0.25) is 9.59 Å². The largest absolute Gasteiger partial charge is 0.367 e. The molecular weight excluding hydrogens is 352 g/mol. The average Bonchev–Trinajstić information content (AvgIpc) is 2.69.